The summed E-state index contributed by atoms with van der Waals surface area (Å²) >= 11 is 0. The van der Waals surface area contributed by atoms with Gasteiger partial charge in [-0.3, -0.25) is 0 Å². The van der Waals surface area contributed by atoms with Gasteiger partial charge in [0.05, 0.1) is 0 Å². The Labute approximate surface area is 115 Å². The molecule has 1 amide bonds. The smallest absolute Gasteiger partial charge is 0.407 e. The molecule has 4 saturated carbocycles. The standard InChI is InChI=1S/C15H26N2O2/c1-2-16-3-4-19-14(18)17-15-8-11-5-12(9-15)7-13(6-11)10-15/h11-13,16H,2-10H2,1H3,(H,17,18). The first kappa shape index (κ1) is 13.2. The van der Waals surface area contributed by atoms with Crippen LogP contribution in [0.2, 0.25) is 0 Å². The third-order valence-corrected chi connectivity index (χ3v) is 5.17. The SMILES string of the molecule is CCNCCOC(=O)NC12CC3CC(CC(C3)C1)C2. The van der Waals surface area contributed by atoms with Gasteiger partial charge >= 0.3 is 6.09 Å². The van der Waals surface area contributed by atoms with E-state index in [-0.39, 0.29) is 11.6 Å². The lowest BCUT2D eigenvalue weighted by Gasteiger charge is -2.56. The van der Waals surface area contributed by atoms with E-state index in [1.165, 1.54) is 38.5 Å². The van der Waals surface area contributed by atoms with Gasteiger partial charge in [-0.2, -0.15) is 0 Å². The first-order chi connectivity index (χ1) is 9.19. The first-order valence-corrected chi connectivity index (χ1v) is 7.85. The summed E-state index contributed by atoms with van der Waals surface area (Å²) in [6.07, 6.45) is 7.53. The molecule has 4 bridgehead atoms. The van der Waals surface area contributed by atoms with Gasteiger partial charge in [0.2, 0.25) is 0 Å². The topological polar surface area (TPSA) is 50.4 Å². The van der Waals surface area contributed by atoms with Gasteiger partial charge in [0.1, 0.15) is 6.61 Å². The average Bonchev–Trinajstić information content (AvgIpc) is 2.32. The summed E-state index contributed by atoms with van der Waals surface area (Å²) in [6.45, 7) is 4.17. The van der Waals surface area contributed by atoms with Crippen molar-refractivity contribution in [1.29, 1.82) is 0 Å². The lowest BCUT2D eigenvalue weighted by molar-refractivity contribution is -0.0190. The van der Waals surface area contributed by atoms with Crippen molar-refractivity contribution in [3.8, 4) is 0 Å². The summed E-state index contributed by atoms with van der Waals surface area (Å²) in [4.78, 5) is 11.9. The van der Waals surface area contributed by atoms with Crippen LogP contribution in [0.1, 0.15) is 45.4 Å². The highest BCUT2D eigenvalue weighted by molar-refractivity contribution is 5.68. The summed E-state index contributed by atoms with van der Waals surface area (Å²) in [6, 6.07) is 0. The quantitative estimate of drug-likeness (QED) is 0.751. The molecule has 0 unspecified atom stereocenters. The molecular weight excluding hydrogens is 240 g/mol. The molecular formula is C15H26N2O2. The normalized spacial score (nSPS) is 39.3. The van der Waals surface area contributed by atoms with Crippen LogP contribution >= 0.6 is 0 Å². The molecule has 0 aromatic rings. The van der Waals surface area contributed by atoms with Gasteiger partial charge in [-0.05, 0) is 62.8 Å². The molecule has 0 saturated heterocycles. The van der Waals surface area contributed by atoms with Crippen LogP contribution in [0.4, 0.5) is 4.79 Å². The van der Waals surface area contributed by atoms with Crippen LogP contribution in [-0.2, 0) is 4.74 Å². The number of carbonyl (C=O) groups is 1. The molecule has 0 spiro atoms. The number of alkyl carbamates (subject to hydrolysis) is 1. The number of hydrogen-bond acceptors (Lipinski definition) is 3. The van der Waals surface area contributed by atoms with Crippen molar-refractivity contribution in [2.45, 2.75) is 51.0 Å². The third-order valence-electron chi connectivity index (χ3n) is 5.17. The third kappa shape index (κ3) is 2.88. The minimum absolute atomic E-state index is 0.0734. The van der Waals surface area contributed by atoms with E-state index in [0.717, 1.165) is 30.8 Å². The molecule has 0 atom stereocenters. The second-order valence-corrected chi connectivity index (χ2v) is 6.81. The molecule has 2 N–H and O–H groups in total. The van der Waals surface area contributed by atoms with Gasteiger partial charge in [0.25, 0.3) is 0 Å². The van der Waals surface area contributed by atoms with Crippen LogP contribution in [0.3, 0.4) is 0 Å². The van der Waals surface area contributed by atoms with E-state index in [0.29, 0.717) is 6.61 Å². The van der Waals surface area contributed by atoms with E-state index in [1.54, 1.807) is 0 Å². The molecule has 4 fully saturated rings. The number of carbonyl (C=O) groups excluding carboxylic acids is 1. The van der Waals surface area contributed by atoms with E-state index < -0.39 is 0 Å². The van der Waals surface area contributed by atoms with Gasteiger partial charge in [0.15, 0.2) is 0 Å². The van der Waals surface area contributed by atoms with Crippen molar-refractivity contribution in [3.05, 3.63) is 0 Å². The predicted octanol–water partition coefficient (Wildman–Crippen LogP) is 2.29. The highest BCUT2D eigenvalue weighted by atomic mass is 16.5. The van der Waals surface area contributed by atoms with E-state index in [9.17, 15) is 4.79 Å². The molecule has 4 heteroatoms. The fourth-order valence-electron chi connectivity index (χ4n) is 4.91. The van der Waals surface area contributed by atoms with Gasteiger partial charge in [-0.15, -0.1) is 0 Å². The van der Waals surface area contributed by atoms with Crippen molar-refractivity contribution in [2.75, 3.05) is 19.7 Å². The maximum Gasteiger partial charge on any atom is 0.407 e. The molecule has 0 aliphatic heterocycles. The summed E-state index contributed by atoms with van der Waals surface area (Å²) in [5.74, 6) is 2.56. The highest BCUT2D eigenvalue weighted by Gasteiger charge is 2.51. The Kier molecular flexibility index (Phi) is 3.70. The van der Waals surface area contributed by atoms with Crippen molar-refractivity contribution < 1.29 is 9.53 Å². The summed E-state index contributed by atoms with van der Waals surface area (Å²) in [5, 5.41) is 6.37. The van der Waals surface area contributed by atoms with Crippen molar-refractivity contribution in [2.24, 2.45) is 17.8 Å². The predicted molar refractivity (Wildman–Crippen MR) is 73.9 cm³/mol. The molecule has 0 heterocycles. The molecule has 19 heavy (non-hydrogen) atoms. The summed E-state index contributed by atoms with van der Waals surface area (Å²) < 4.78 is 5.27. The zero-order valence-electron chi connectivity index (χ0n) is 11.9. The van der Waals surface area contributed by atoms with Gasteiger partial charge in [-0.1, -0.05) is 6.92 Å². The fourth-order valence-corrected chi connectivity index (χ4v) is 4.91. The lowest BCUT2D eigenvalue weighted by atomic mass is 9.53. The summed E-state index contributed by atoms with van der Waals surface area (Å²) in [7, 11) is 0. The van der Waals surface area contributed by atoms with Crippen LogP contribution in [-0.4, -0.2) is 31.3 Å². The molecule has 108 valence electrons. The summed E-state index contributed by atoms with van der Waals surface area (Å²) in [5.41, 5.74) is 0.0734. The Morgan fingerprint density at radius 2 is 1.74 bits per heavy atom. The maximum absolute atomic E-state index is 11.9. The van der Waals surface area contributed by atoms with Crippen molar-refractivity contribution >= 4 is 6.09 Å². The van der Waals surface area contributed by atoms with E-state index in [2.05, 4.69) is 17.6 Å². The zero-order chi connectivity index (χ0) is 13.3. The molecule has 4 aliphatic carbocycles. The second-order valence-electron chi connectivity index (χ2n) is 6.81. The van der Waals surface area contributed by atoms with Crippen LogP contribution in [0.15, 0.2) is 0 Å². The largest absolute Gasteiger partial charge is 0.448 e. The van der Waals surface area contributed by atoms with E-state index >= 15 is 0 Å². The number of rotatable bonds is 5. The number of amides is 1. The van der Waals surface area contributed by atoms with E-state index in [4.69, 9.17) is 4.74 Å². The monoisotopic (exact) mass is 266 g/mol. The minimum atomic E-state index is -0.208. The Morgan fingerprint density at radius 3 is 2.26 bits per heavy atom. The van der Waals surface area contributed by atoms with Gasteiger partial charge < -0.3 is 15.4 Å². The Balaban J connectivity index is 1.50. The van der Waals surface area contributed by atoms with Crippen LogP contribution in [0.25, 0.3) is 0 Å². The van der Waals surface area contributed by atoms with Crippen molar-refractivity contribution in [1.82, 2.24) is 10.6 Å². The fraction of sp³-hybridized carbons (Fsp3) is 0.933. The molecule has 0 aromatic heterocycles. The van der Waals surface area contributed by atoms with Crippen LogP contribution in [0.5, 0.6) is 0 Å². The van der Waals surface area contributed by atoms with Crippen molar-refractivity contribution in [3.63, 3.8) is 0 Å². The second kappa shape index (κ2) is 5.31. The molecule has 0 aromatic carbocycles. The average molecular weight is 266 g/mol. The Bertz CT molecular complexity index is 308. The Morgan fingerprint density at radius 1 is 1.16 bits per heavy atom. The minimum Gasteiger partial charge on any atom is -0.448 e. The number of likely N-dealkylation sites (N-methyl/N-ethyl adjacent to an activating group) is 1. The number of ether oxygens (including phenoxy) is 1. The van der Waals surface area contributed by atoms with Gasteiger partial charge in [-0.25, -0.2) is 4.79 Å². The highest BCUT2D eigenvalue weighted by Crippen LogP contribution is 2.55. The zero-order valence-corrected chi connectivity index (χ0v) is 11.9. The molecule has 0 radical (unpaired) electrons. The first-order valence-electron chi connectivity index (χ1n) is 7.85. The Hall–Kier alpha value is -0.770. The number of hydrogen-bond donors (Lipinski definition) is 2. The molecule has 4 rings (SSSR count). The number of nitrogens with one attached hydrogen (secondary N) is 2. The van der Waals surface area contributed by atoms with E-state index in [1.807, 2.05) is 0 Å². The maximum atomic E-state index is 11.9. The van der Waals surface area contributed by atoms with Crippen LogP contribution < -0.4 is 10.6 Å². The molecule has 4 aliphatic rings. The molecule has 4 nitrogen and oxygen atoms in total. The van der Waals surface area contributed by atoms with Gasteiger partial charge in [0, 0.05) is 12.1 Å². The van der Waals surface area contributed by atoms with Crippen LogP contribution in [0, 0.1) is 17.8 Å². The lowest BCUT2D eigenvalue weighted by Crippen LogP contribution is -2.60.